The number of aromatic amines is 1. The third kappa shape index (κ3) is 4.20. The first-order valence-electron chi connectivity index (χ1n) is 12.1. The van der Waals surface area contributed by atoms with Crippen molar-refractivity contribution in [3.8, 4) is 0 Å². The third-order valence-electron chi connectivity index (χ3n) is 7.62. The lowest BCUT2D eigenvalue weighted by Crippen LogP contribution is -2.40. The van der Waals surface area contributed by atoms with Crippen LogP contribution in [-0.4, -0.2) is 51.3 Å². The van der Waals surface area contributed by atoms with Gasteiger partial charge in [0.05, 0.1) is 6.20 Å². The first-order chi connectivity index (χ1) is 17.1. The maximum atomic E-state index is 13.3. The summed E-state index contributed by atoms with van der Waals surface area (Å²) in [5.41, 5.74) is 2.58. The van der Waals surface area contributed by atoms with Crippen LogP contribution in [0.1, 0.15) is 51.6 Å². The van der Waals surface area contributed by atoms with Crippen LogP contribution >= 0.6 is 0 Å². The van der Waals surface area contributed by atoms with Crippen molar-refractivity contribution in [2.24, 2.45) is 11.3 Å². The molecule has 0 radical (unpaired) electrons. The number of amides is 2. The van der Waals surface area contributed by atoms with Crippen LogP contribution in [0.25, 0.3) is 11.0 Å². The number of nitrogens with zero attached hydrogens (tertiary/aromatic N) is 3. The topological polar surface area (TPSA) is 104 Å². The minimum absolute atomic E-state index is 0.0897. The van der Waals surface area contributed by atoms with Crippen LogP contribution in [0.4, 0.5) is 0 Å². The number of rotatable bonds is 6. The number of benzene rings is 1. The van der Waals surface area contributed by atoms with Crippen LogP contribution in [-0.2, 0) is 6.42 Å². The fraction of sp³-hybridized carbons (Fsp3) is 0.333. The zero-order valence-electron chi connectivity index (χ0n) is 19.4. The number of fused-ring (bicyclic) bond motifs is 1. The summed E-state index contributed by atoms with van der Waals surface area (Å²) in [7, 11) is 0. The number of H-pyrrole nitrogens is 1. The minimum Gasteiger partial charge on any atom is -0.449 e. The Morgan fingerprint density at radius 2 is 2.03 bits per heavy atom. The van der Waals surface area contributed by atoms with Gasteiger partial charge in [0.1, 0.15) is 5.82 Å². The van der Waals surface area contributed by atoms with Gasteiger partial charge in [0.25, 0.3) is 11.8 Å². The molecule has 1 aromatic carbocycles. The van der Waals surface area contributed by atoms with E-state index >= 15 is 0 Å². The number of hydrogen-bond acceptors (Lipinski definition) is 5. The van der Waals surface area contributed by atoms with E-state index in [1.165, 1.54) is 0 Å². The second-order valence-electron chi connectivity index (χ2n) is 9.66. The van der Waals surface area contributed by atoms with Crippen molar-refractivity contribution >= 4 is 22.8 Å². The summed E-state index contributed by atoms with van der Waals surface area (Å²) in [6.45, 7) is 2.12. The Hall–Kier alpha value is -3.94. The van der Waals surface area contributed by atoms with Crippen molar-refractivity contribution in [3.05, 3.63) is 83.9 Å². The van der Waals surface area contributed by atoms with Crippen molar-refractivity contribution in [2.45, 2.75) is 25.7 Å². The lowest BCUT2D eigenvalue weighted by atomic mass is 9.90. The van der Waals surface area contributed by atoms with Crippen LogP contribution in [0, 0.1) is 11.3 Å². The highest BCUT2D eigenvalue weighted by Crippen LogP contribution is 2.59. The van der Waals surface area contributed by atoms with E-state index in [4.69, 9.17) is 4.42 Å². The molecule has 4 heterocycles. The summed E-state index contributed by atoms with van der Waals surface area (Å²) in [6.07, 6.45) is 10.5. The molecular formula is C27H27N5O3. The van der Waals surface area contributed by atoms with E-state index in [2.05, 4.69) is 20.3 Å². The molecule has 2 N–H and O–H groups in total. The molecule has 2 amide bonds. The van der Waals surface area contributed by atoms with Gasteiger partial charge in [-0.3, -0.25) is 14.6 Å². The molecule has 2 fully saturated rings. The minimum atomic E-state index is -0.191. The zero-order chi connectivity index (χ0) is 23.8. The molecule has 1 atom stereocenters. The fourth-order valence-corrected chi connectivity index (χ4v) is 5.42. The number of aromatic nitrogens is 3. The molecule has 6 rings (SSSR count). The van der Waals surface area contributed by atoms with E-state index in [1.54, 1.807) is 30.9 Å². The summed E-state index contributed by atoms with van der Waals surface area (Å²) in [5.74, 6) is 1.51. The maximum absolute atomic E-state index is 13.3. The molecule has 2 aliphatic rings. The van der Waals surface area contributed by atoms with Crippen LogP contribution in [0.15, 0.2) is 65.6 Å². The summed E-state index contributed by atoms with van der Waals surface area (Å²) in [4.78, 5) is 39.3. The molecule has 1 unspecified atom stereocenters. The van der Waals surface area contributed by atoms with E-state index in [9.17, 15) is 9.59 Å². The smallest absolute Gasteiger partial charge is 0.287 e. The Bertz CT molecular complexity index is 1340. The van der Waals surface area contributed by atoms with Crippen molar-refractivity contribution in [1.29, 1.82) is 0 Å². The highest BCUT2D eigenvalue weighted by molar-refractivity contribution is 5.96. The van der Waals surface area contributed by atoms with Crippen molar-refractivity contribution in [1.82, 2.24) is 25.2 Å². The third-order valence-corrected chi connectivity index (χ3v) is 7.62. The first kappa shape index (κ1) is 21.6. The molecule has 3 aromatic heterocycles. The Morgan fingerprint density at radius 1 is 1.17 bits per heavy atom. The summed E-state index contributed by atoms with van der Waals surface area (Å²) in [5, 5.41) is 3.91. The summed E-state index contributed by atoms with van der Waals surface area (Å²) in [6, 6.07) is 11.4. The number of hydrogen-bond donors (Lipinski definition) is 2. The molecule has 1 spiro atoms. The maximum Gasteiger partial charge on any atom is 0.287 e. The van der Waals surface area contributed by atoms with Gasteiger partial charge >= 0.3 is 0 Å². The monoisotopic (exact) mass is 469 g/mol. The Labute approximate surface area is 202 Å². The van der Waals surface area contributed by atoms with Gasteiger partial charge in [-0.15, -0.1) is 0 Å². The van der Waals surface area contributed by atoms with Gasteiger partial charge in [-0.1, -0.05) is 18.2 Å². The number of furan rings is 1. The largest absolute Gasteiger partial charge is 0.449 e. The molecule has 35 heavy (non-hydrogen) atoms. The number of piperidine rings is 1. The van der Waals surface area contributed by atoms with E-state index in [0.29, 0.717) is 30.2 Å². The van der Waals surface area contributed by atoms with Gasteiger partial charge in [0.15, 0.2) is 11.3 Å². The second-order valence-corrected chi connectivity index (χ2v) is 9.66. The number of nitrogens with one attached hydrogen (secondary N) is 2. The molecule has 178 valence electrons. The van der Waals surface area contributed by atoms with Gasteiger partial charge in [-0.25, -0.2) is 4.98 Å². The number of carbonyl (C=O) groups excluding carboxylic acids is 2. The molecule has 1 aliphatic carbocycles. The number of imidazole rings is 1. The van der Waals surface area contributed by atoms with Gasteiger partial charge < -0.3 is 19.6 Å². The van der Waals surface area contributed by atoms with Gasteiger partial charge in [0.2, 0.25) is 0 Å². The van der Waals surface area contributed by atoms with Crippen LogP contribution < -0.4 is 5.32 Å². The summed E-state index contributed by atoms with van der Waals surface area (Å²) < 4.78 is 5.62. The molecular weight excluding hydrogens is 442 g/mol. The average Bonchev–Trinajstić information content (AvgIpc) is 3.24. The Balaban J connectivity index is 1.03. The molecule has 8 nitrogen and oxygen atoms in total. The van der Waals surface area contributed by atoms with Crippen LogP contribution in [0.3, 0.4) is 0 Å². The summed E-state index contributed by atoms with van der Waals surface area (Å²) >= 11 is 0. The molecule has 1 saturated heterocycles. The van der Waals surface area contributed by atoms with Crippen LogP contribution in [0.5, 0.6) is 0 Å². The lowest BCUT2D eigenvalue weighted by Gasteiger charge is -2.33. The molecule has 4 aromatic rings. The van der Waals surface area contributed by atoms with Crippen molar-refractivity contribution in [2.75, 3.05) is 19.6 Å². The van der Waals surface area contributed by atoms with E-state index in [1.807, 2.05) is 35.2 Å². The number of carbonyl (C=O) groups is 2. The molecule has 1 aliphatic heterocycles. The highest BCUT2D eigenvalue weighted by Gasteiger charge is 2.54. The molecule has 1 saturated carbocycles. The molecule has 8 heteroatoms. The SMILES string of the molecule is O=C(NCC1CC12CCN(C(=O)c1ccccc1Cc1ncc[nH]1)CC2)c1cc2ccncc2o1. The number of likely N-dealkylation sites (tertiary alicyclic amines) is 1. The quantitative estimate of drug-likeness (QED) is 0.447. The van der Waals surface area contributed by atoms with Gasteiger partial charge in [-0.2, -0.15) is 0 Å². The van der Waals surface area contributed by atoms with Crippen LogP contribution in [0.2, 0.25) is 0 Å². The highest BCUT2D eigenvalue weighted by atomic mass is 16.3. The predicted molar refractivity (Wildman–Crippen MR) is 130 cm³/mol. The van der Waals surface area contributed by atoms with Crippen molar-refractivity contribution < 1.29 is 14.0 Å². The number of pyridine rings is 1. The first-order valence-corrected chi connectivity index (χ1v) is 12.1. The second kappa shape index (κ2) is 8.69. The Morgan fingerprint density at radius 3 is 2.83 bits per heavy atom. The normalized spacial score (nSPS) is 18.6. The standard InChI is InChI=1S/C27H27N5O3/c33-25(22-13-19-5-8-28-17-23(19)35-22)31-16-20-15-27(20)6-11-32(12-7-27)26(34)21-4-2-1-3-18(21)14-24-29-9-10-30-24/h1-5,8-10,13,17,20H,6-7,11-12,14-16H2,(H,29,30)(H,31,33). The zero-order valence-corrected chi connectivity index (χ0v) is 19.4. The van der Waals surface area contributed by atoms with E-state index < -0.39 is 0 Å². The van der Waals surface area contributed by atoms with Crippen molar-refractivity contribution in [3.63, 3.8) is 0 Å². The van der Waals surface area contributed by atoms with Gasteiger partial charge in [0, 0.05) is 55.6 Å². The van der Waals surface area contributed by atoms with Gasteiger partial charge in [-0.05, 0) is 54.4 Å². The fourth-order valence-electron chi connectivity index (χ4n) is 5.42. The van der Waals surface area contributed by atoms with E-state index in [-0.39, 0.29) is 17.2 Å². The average molecular weight is 470 g/mol. The predicted octanol–water partition coefficient (Wildman–Crippen LogP) is 3.81. The molecule has 0 bridgehead atoms. The van der Waals surface area contributed by atoms with E-state index in [0.717, 1.165) is 54.7 Å². The lowest BCUT2D eigenvalue weighted by molar-refractivity contribution is 0.0667. The Kier molecular flexibility index (Phi) is 5.36.